The van der Waals surface area contributed by atoms with Gasteiger partial charge in [0.1, 0.15) is 11.5 Å². The number of phenolic OH excluding ortho intramolecular Hbond substituents is 2. The highest BCUT2D eigenvalue weighted by molar-refractivity contribution is 5.85. The highest BCUT2D eigenvalue weighted by Crippen LogP contribution is 2.12. The van der Waals surface area contributed by atoms with Crippen molar-refractivity contribution in [2.45, 2.75) is 0 Å². The van der Waals surface area contributed by atoms with Crippen molar-refractivity contribution in [2.75, 3.05) is 0 Å². The van der Waals surface area contributed by atoms with E-state index in [9.17, 15) is 9.59 Å². The zero-order valence-corrected chi connectivity index (χ0v) is 12.5. The van der Waals surface area contributed by atoms with Gasteiger partial charge >= 0.3 is 11.9 Å². The van der Waals surface area contributed by atoms with Gasteiger partial charge in [-0.05, 0) is 47.5 Å². The van der Waals surface area contributed by atoms with Gasteiger partial charge in [-0.25, -0.2) is 9.59 Å². The van der Waals surface area contributed by atoms with E-state index < -0.39 is 11.9 Å². The molecule has 0 unspecified atom stereocenters. The summed E-state index contributed by atoms with van der Waals surface area (Å²) in [6.07, 6.45) is 4.88. The minimum absolute atomic E-state index is 0.127. The van der Waals surface area contributed by atoms with Crippen LogP contribution in [0.5, 0.6) is 11.5 Å². The molecule has 0 spiro atoms. The van der Waals surface area contributed by atoms with E-state index in [1.807, 2.05) is 0 Å². The van der Waals surface area contributed by atoms with Gasteiger partial charge in [-0.1, -0.05) is 24.3 Å². The van der Waals surface area contributed by atoms with E-state index in [0.717, 1.165) is 12.2 Å². The van der Waals surface area contributed by atoms with Gasteiger partial charge in [0.15, 0.2) is 0 Å². The van der Waals surface area contributed by atoms with Crippen LogP contribution in [0.1, 0.15) is 11.1 Å². The molecule has 6 nitrogen and oxygen atoms in total. The van der Waals surface area contributed by atoms with Crippen molar-refractivity contribution < 1.29 is 30.0 Å². The van der Waals surface area contributed by atoms with Crippen LogP contribution >= 0.6 is 0 Å². The van der Waals surface area contributed by atoms with E-state index in [4.69, 9.17) is 20.4 Å². The highest BCUT2D eigenvalue weighted by Gasteiger charge is 1.91. The van der Waals surface area contributed by atoms with Crippen LogP contribution in [0.25, 0.3) is 12.2 Å². The number of hydrogen-bond acceptors (Lipinski definition) is 4. The van der Waals surface area contributed by atoms with Crippen molar-refractivity contribution in [3.8, 4) is 11.5 Å². The van der Waals surface area contributed by atoms with Crippen molar-refractivity contribution in [3.05, 3.63) is 71.8 Å². The molecule has 0 amide bonds. The Morgan fingerprint density at radius 3 is 1.38 bits per heavy atom. The molecule has 4 N–H and O–H groups in total. The number of aromatic hydroxyl groups is 2. The summed E-state index contributed by atoms with van der Waals surface area (Å²) in [5.74, 6) is -1.75. The number of carboxylic acids is 2. The Morgan fingerprint density at radius 2 is 1.08 bits per heavy atom. The minimum atomic E-state index is -1.00. The van der Waals surface area contributed by atoms with Crippen LogP contribution in [0.4, 0.5) is 0 Å². The SMILES string of the molecule is O=C(O)/C=C/c1cccc(O)c1.O=C(O)/C=C/c1cccc(O)c1. The zero-order chi connectivity index (χ0) is 17.9. The first-order valence-corrected chi connectivity index (χ1v) is 6.77. The predicted octanol–water partition coefficient (Wildman–Crippen LogP) is 2.98. The maximum absolute atomic E-state index is 10.1. The van der Waals surface area contributed by atoms with Gasteiger partial charge in [0.25, 0.3) is 0 Å². The summed E-state index contributed by atoms with van der Waals surface area (Å²) >= 11 is 0. The molecule has 0 aliphatic heterocycles. The molecular formula is C18H16O6. The zero-order valence-electron chi connectivity index (χ0n) is 12.5. The predicted molar refractivity (Wildman–Crippen MR) is 89.6 cm³/mol. The van der Waals surface area contributed by atoms with Crippen LogP contribution < -0.4 is 0 Å². The van der Waals surface area contributed by atoms with E-state index in [1.165, 1.54) is 36.4 Å². The van der Waals surface area contributed by atoms with E-state index in [2.05, 4.69) is 0 Å². The molecule has 24 heavy (non-hydrogen) atoms. The third kappa shape index (κ3) is 8.04. The number of phenols is 2. The maximum atomic E-state index is 10.1. The number of aliphatic carboxylic acids is 2. The lowest BCUT2D eigenvalue weighted by molar-refractivity contribution is -0.132. The second-order valence-electron chi connectivity index (χ2n) is 4.53. The fraction of sp³-hybridized carbons (Fsp3) is 0. The molecule has 0 aliphatic rings. The minimum Gasteiger partial charge on any atom is -0.508 e. The summed E-state index contributed by atoms with van der Waals surface area (Å²) < 4.78 is 0. The second-order valence-corrected chi connectivity index (χ2v) is 4.53. The van der Waals surface area contributed by atoms with Gasteiger partial charge in [0.05, 0.1) is 0 Å². The first kappa shape index (κ1) is 18.5. The third-order valence-corrected chi connectivity index (χ3v) is 2.58. The normalized spacial score (nSPS) is 10.3. The second kappa shape index (κ2) is 9.47. The van der Waals surface area contributed by atoms with E-state index in [-0.39, 0.29) is 11.5 Å². The molecule has 0 heterocycles. The fourth-order valence-electron chi connectivity index (χ4n) is 1.59. The molecule has 2 rings (SSSR count). The fourth-order valence-corrected chi connectivity index (χ4v) is 1.59. The van der Waals surface area contributed by atoms with Crippen molar-refractivity contribution in [1.82, 2.24) is 0 Å². The number of benzene rings is 2. The number of hydrogen-bond donors (Lipinski definition) is 4. The Hall–Kier alpha value is -3.54. The smallest absolute Gasteiger partial charge is 0.328 e. The van der Waals surface area contributed by atoms with Crippen LogP contribution in [-0.4, -0.2) is 32.4 Å². The Morgan fingerprint density at radius 1 is 0.708 bits per heavy atom. The molecule has 0 saturated heterocycles. The molecule has 124 valence electrons. The van der Waals surface area contributed by atoms with E-state index >= 15 is 0 Å². The summed E-state index contributed by atoms with van der Waals surface area (Å²) in [5.41, 5.74) is 1.33. The summed E-state index contributed by atoms with van der Waals surface area (Å²) in [6, 6.07) is 12.7. The number of rotatable bonds is 4. The van der Waals surface area contributed by atoms with Gasteiger partial charge in [0, 0.05) is 12.2 Å². The molecule has 0 saturated carbocycles. The summed E-state index contributed by atoms with van der Waals surface area (Å²) in [6.45, 7) is 0. The lowest BCUT2D eigenvalue weighted by Crippen LogP contribution is -1.85. The van der Waals surface area contributed by atoms with Gasteiger partial charge < -0.3 is 20.4 Å². The third-order valence-electron chi connectivity index (χ3n) is 2.58. The maximum Gasteiger partial charge on any atom is 0.328 e. The largest absolute Gasteiger partial charge is 0.508 e. The summed E-state index contributed by atoms with van der Waals surface area (Å²) in [7, 11) is 0. The van der Waals surface area contributed by atoms with Crippen molar-refractivity contribution in [1.29, 1.82) is 0 Å². The Labute approximate surface area is 138 Å². The highest BCUT2D eigenvalue weighted by atomic mass is 16.4. The van der Waals surface area contributed by atoms with Crippen LogP contribution in [0.15, 0.2) is 60.7 Å². The lowest BCUT2D eigenvalue weighted by Gasteiger charge is -1.92. The Balaban J connectivity index is 0.000000240. The van der Waals surface area contributed by atoms with E-state index in [0.29, 0.717) is 11.1 Å². The quantitative estimate of drug-likeness (QED) is 0.641. The average Bonchev–Trinajstić information content (AvgIpc) is 2.52. The molecule has 0 atom stereocenters. The summed E-state index contributed by atoms with van der Waals surface area (Å²) in [5, 5.41) is 34.6. The summed E-state index contributed by atoms with van der Waals surface area (Å²) in [4.78, 5) is 20.2. The first-order valence-electron chi connectivity index (χ1n) is 6.77. The van der Waals surface area contributed by atoms with Crippen molar-refractivity contribution in [3.63, 3.8) is 0 Å². The number of carbonyl (C=O) groups is 2. The molecule has 0 aromatic heterocycles. The monoisotopic (exact) mass is 328 g/mol. The lowest BCUT2D eigenvalue weighted by atomic mass is 10.2. The van der Waals surface area contributed by atoms with Crippen molar-refractivity contribution in [2.24, 2.45) is 0 Å². The first-order chi connectivity index (χ1) is 11.4. The molecular weight excluding hydrogens is 312 g/mol. The van der Waals surface area contributed by atoms with E-state index in [1.54, 1.807) is 24.3 Å². The average molecular weight is 328 g/mol. The Kier molecular flexibility index (Phi) is 7.30. The van der Waals surface area contributed by atoms with Crippen LogP contribution in [0.3, 0.4) is 0 Å². The van der Waals surface area contributed by atoms with Gasteiger partial charge in [-0.2, -0.15) is 0 Å². The van der Waals surface area contributed by atoms with Crippen LogP contribution in [0.2, 0.25) is 0 Å². The molecule has 0 radical (unpaired) electrons. The van der Waals surface area contributed by atoms with Crippen LogP contribution in [0, 0.1) is 0 Å². The van der Waals surface area contributed by atoms with Gasteiger partial charge in [0.2, 0.25) is 0 Å². The standard InChI is InChI=1S/2C9H8O3/c2*10-8-3-1-2-7(6-8)4-5-9(11)12/h2*1-6,10H,(H,11,12)/b2*5-4+. The molecule has 0 fully saturated rings. The van der Waals surface area contributed by atoms with Crippen molar-refractivity contribution >= 4 is 24.1 Å². The Bertz CT molecular complexity index is 696. The molecule has 2 aromatic rings. The topological polar surface area (TPSA) is 115 Å². The molecule has 0 aliphatic carbocycles. The molecule has 6 heteroatoms. The molecule has 2 aromatic carbocycles. The van der Waals surface area contributed by atoms with Gasteiger partial charge in [-0.3, -0.25) is 0 Å². The molecule has 0 bridgehead atoms. The van der Waals surface area contributed by atoms with Crippen LogP contribution in [-0.2, 0) is 9.59 Å². The van der Waals surface area contributed by atoms with Gasteiger partial charge in [-0.15, -0.1) is 0 Å². The number of carboxylic acid groups (broad SMARTS) is 2.